The molecule has 1 fully saturated rings. The van der Waals surface area contributed by atoms with Crippen LogP contribution in [-0.2, 0) is 9.53 Å². The fraction of sp³-hybridized carbons (Fsp3) is 0.375. The minimum atomic E-state index is -1.30. The Morgan fingerprint density at radius 2 is 2.00 bits per heavy atom. The van der Waals surface area contributed by atoms with E-state index in [1.807, 2.05) is 0 Å². The average Bonchev–Trinajstić information content (AvgIpc) is 2.82. The van der Waals surface area contributed by atoms with E-state index < -0.39 is 17.2 Å². The molecular weight excluding hydrogens is 259 g/mol. The Morgan fingerprint density at radius 3 is 2.50 bits per heavy atom. The van der Waals surface area contributed by atoms with Crippen molar-refractivity contribution in [2.45, 2.75) is 26.2 Å². The maximum absolute atomic E-state index is 13.0. The van der Waals surface area contributed by atoms with Gasteiger partial charge in [0.1, 0.15) is 5.82 Å². The zero-order chi connectivity index (χ0) is 14.8. The molecule has 1 aromatic rings. The van der Waals surface area contributed by atoms with Gasteiger partial charge in [0.15, 0.2) is 11.2 Å². The van der Waals surface area contributed by atoms with Crippen LogP contribution in [0.4, 0.5) is 4.39 Å². The lowest BCUT2D eigenvalue weighted by Crippen LogP contribution is -2.39. The van der Waals surface area contributed by atoms with Crippen molar-refractivity contribution in [1.29, 1.82) is 0 Å². The molecule has 0 bridgehead atoms. The van der Waals surface area contributed by atoms with Crippen LogP contribution in [0.15, 0.2) is 36.4 Å². The van der Waals surface area contributed by atoms with Crippen molar-refractivity contribution in [3.8, 4) is 0 Å². The Hall–Kier alpha value is -1.97. The van der Waals surface area contributed by atoms with Crippen molar-refractivity contribution in [3.63, 3.8) is 0 Å². The van der Waals surface area contributed by atoms with E-state index in [0.717, 1.165) is 6.42 Å². The first-order valence-corrected chi connectivity index (χ1v) is 6.68. The Labute approximate surface area is 117 Å². The summed E-state index contributed by atoms with van der Waals surface area (Å²) < 4.78 is 18.0. The van der Waals surface area contributed by atoms with Gasteiger partial charge in [-0.15, -0.1) is 0 Å². The van der Waals surface area contributed by atoms with E-state index >= 15 is 0 Å². The van der Waals surface area contributed by atoms with E-state index in [1.54, 1.807) is 6.92 Å². The molecule has 1 aliphatic rings. The van der Waals surface area contributed by atoms with Gasteiger partial charge in [-0.05, 0) is 50.5 Å². The second-order valence-corrected chi connectivity index (χ2v) is 4.92. The van der Waals surface area contributed by atoms with Gasteiger partial charge in [-0.1, -0.05) is 12.2 Å². The highest BCUT2D eigenvalue weighted by Gasteiger charge is 2.52. The Balaban J connectivity index is 2.42. The van der Waals surface area contributed by atoms with Crippen molar-refractivity contribution in [2.24, 2.45) is 5.41 Å². The van der Waals surface area contributed by atoms with Crippen LogP contribution in [0, 0.1) is 11.2 Å². The van der Waals surface area contributed by atoms with Crippen LogP contribution in [0.25, 0.3) is 0 Å². The number of hydrogen-bond donors (Lipinski definition) is 0. The van der Waals surface area contributed by atoms with E-state index in [1.165, 1.54) is 24.3 Å². The third-order valence-electron chi connectivity index (χ3n) is 3.75. The van der Waals surface area contributed by atoms with Crippen LogP contribution in [0.1, 0.15) is 36.5 Å². The monoisotopic (exact) mass is 276 g/mol. The summed E-state index contributed by atoms with van der Waals surface area (Å²) in [4.78, 5) is 25.0. The van der Waals surface area contributed by atoms with Crippen LogP contribution in [0.2, 0.25) is 0 Å². The minimum absolute atomic E-state index is 0.213. The van der Waals surface area contributed by atoms with Gasteiger partial charge in [0.25, 0.3) is 0 Å². The van der Waals surface area contributed by atoms with Crippen molar-refractivity contribution in [2.75, 3.05) is 6.61 Å². The van der Waals surface area contributed by atoms with Gasteiger partial charge in [0, 0.05) is 5.56 Å². The number of benzene rings is 1. The molecule has 1 aliphatic carbocycles. The van der Waals surface area contributed by atoms with Crippen LogP contribution in [-0.4, -0.2) is 18.4 Å². The second kappa shape index (κ2) is 5.57. The normalized spacial score (nSPS) is 21.8. The van der Waals surface area contributed by atoms with Crippen LogP contribution in [0.3, 0.4) is 0 Å². The number of rotatable bonds is 4. The van der Waals surface area contributed by atoms with Crippen molar-refractivity contribution >= 4 is 11.8 Å². The summed E-state index contributed by atoms with van der Waals surface area (Å²) in [6, 6.07) is 5.21. The van der Waals surface area contributed by atoms with Gasteiger partial charge in [-0.25, -0.2) is 4.39 Å². The number of Topliss-reactive ketones (excluding diaryl/α,β-unsaturated/α-hetero) is 1. The van der Waals surface area contributed by atoms with Crippen molar-refractivity contribution in [1.82, 2.24) is 0 Å². The third kappa shape index (κ3) is 2.26. The number of halogens is 1. The molecule has 0 spiro atoms. The molecule has 0 N–H and O–H groups in total. The number of carbonyl (C=O) groups excluding carboxylic acids is 2. The van der Waals surface area contributed by atoms with E-state index in [0.29, 0.717) is 24.0 Å². The minimum Gasteiger partial charge on any atom is -0.465 e. The van der Waals surface area contributed by atoms with Crippen LogP contribution >= 0.6 is 0 Å². The molecule has 3 nitrogen and oxygen atoms in total. The predicted octanol–water partition coefficient (Wildman–Crippen LogP) is 3.30. The summed E-state index contributed by atoms with van der Waals surface area (Å²) in [5.41, 5.74) is -0.402. The summed E-state index contributed by atoms with van der Waals surface area (Å²) in [5, 5.41) is 0. The molecule has 0 aliphatic heterocycles. The third-order valence-corrected chi connectivity index (χ3v) is 3.75. The lowest BCUT2D eigenvalue weighted by atomic mass is 9.76. The molecular formula is C16H17FO3. The Bertz CT molecular complexity index is 547. The Morgan fingerprint density at radius 1 is 1.35 bits per heavy atom. The topological polar surface area (TPSA) is 43.4 Å². The maximum atomic E-state index is 13.0. The first kappa shape index (κ1) is 14.4. The molecule has 0 heterocycles. The van der Waals surface area contributed by atoms with E-state index in [9.17, 15) is 14.0 Å². The van der Waals surface area contributed by atoms with E-state index in [2.05, 4.69) is 6.58 Å². The number of carbonyl (C=O) groups is 2. The predicted molar refractivity (Wildman–Crippen MR) is 72.8 cm³/mol. The fourth-order valence-corrected chi connectivity index (χ4v) is 2.67. The Kier molecular flexibility index (Phi) is 4.02. The van der Waals surface area contributed by atoms with E-state index in [4.69, 9.17) is 4.74 Å². The number of hydrogen-bond acceptors (Lipinski definition) is 3. The van der Waals surface area contributed by atoms with Gasteiger partial charge in [-0.2, -0.15) is 0 Å². The van der Waals surface area contributed by atoms with Gasteiger partial charge >= 0.3 is 5.97 Å². The molecule has 1 saturated carbocycles. The molecule has 2 rings (SSSR count). The quantitative estimate of drug-likeness (QED) is 0.367. The molecule has 1 aromatic carbocycles. The second-order valence-electron chi connectivity index (χ2n) is 4.92. The lowest BCUT2D eigenvalue weighted by molar-refractivity contribution is -0.150. The molecule has 4 heteroatoms. The highest BCUT2D eigenvalue weighted by atomic mass is 19.1. The lowest BCUT2D eigenvalue weighted by Gasteiger charge is -2.26. The molecule has 106 valence electrons. The first-order valence-electron chi connectivity index (χ1n) is 6.68. The maximum Gasteiger partial charge on any atom is 0.324 e. The number of ether oxygens (including phenoxy) is 1. The zero-order valence-electron chi connectivity index (χ0n) is 11.4. The fourth-order valence-electron chi connectivity index (χ4n) is 2.67. The summed E-state index contributed by atoms with van der Waals surface area (Å²) in [5.74, 6) is -1.31. The number of ketones is 1. The highest BCUT2D eigenvalue weighted by molar-refractivity contribution is 6.15. The van der Waals surface area contributed by atoms with Crippen LogP contribution < -0.4 is 0 Å². The van der Waals surface area contributed by atoms with Crippen molar-refractivity contribution < 1.29 is 18.7 Å². The molecule has 0 unspecified atom stereocenters. The molecule has 0 amide bonds. The van der Waals surface area contributed by atoms with Gasteiger partial charge in [0.05, 0.1) is 6.61 Å². The number of esters is 1. The van der Waals surface area contributed by atoms with Crippen molar-refractivity contribution in [3.05, 3.63) is 47.8 Å². The summed E-state index contributed by atoms with van der Waals surface area (Å²) in [7, 11) is 0. The SMILES string of the molecule is C=C1CCC[C@]1(C(=O)OCC)C(=O)c1ccc(F)cc1. The van der Waals surface area contributed by atoms with E-state index in [-0.39, 0.29) is 12.4 Å². The summed E-state index contributed by atoms with van der Waals surface area (Å²) >= 11 is 0. The van der Waals surface area contributed by atoms with Gasteiger partial charge in [-0.3, -0.25) is 9.59 Å². The molecule has 20 heavy (non-hydrogen) atoms. The average molecular weight is 276 g/mol. The van der Waals surface area contributed by atoms with Gasteiger partial charge in [0.2, 0.25) is 0 Å². The largest absolute Gasteiger partial charge is 0.465 e. The smallest absolute Gasteiger partial charge is 0.324 e. The van der Waals surface area contributed by atoms with Crippen LogP contribution in [0.5, 0.6) is 0 Å². The first-order chi connectivity index (χ1) is 9.52. The van der Waals surface area contributed by atoms with Gasteiger partial charge < -0.3 is 4.74 Å². The molecule has 0 aromatic heterocycles. The molecule has 1 atom stereocenters. The highest BCUT2D eigenvalue weighted by Crippen LogP contribution is 2.45. The zero-order valence-corrected chi connectivity index (χ0v) is 11.4. The summed E-state index contributed by atoms with van der Waals surface area (Å²) in [6.45, 7) is 5.79. The standard InChI is InChI=1S/C16H17FO3/c1-3-20-15(19)16(10-4-5-11(16)2)14(18)12-6-8-13(17)9-7-12/h6-9H,2-5,10H2,1H3/t16-/m1/s1. The summed E-state index contributed by atoms with van der Waals surface area (Å²) in [6.07, 6.45) is 1.76. The molecule has 0 saturated heterocycles. The molecule has 0 radical (unpaired) electrons.